The topological polar surface area (TPSA) is 26.3 Å². The van der Waals surface area contributed by atoms with Crippen LogP contribution in [0.1, 0.15) is 112 Å². The summed E-state index contributed by atoms with van der Waals surface area (Å²) in [5.74, 6) is 4.93. The van der Waals surface area contributed by atoms with Crippen LogP contribution in [0.2, 0.25) is 0 Å². The molecule has 0 aromatic heterocycles. The SMILES string of the molecule is CC(C)CCC[C@H](C)[C@@H]1CC[C@@H]2[C@H]3CC=C4C[C@@H](OC(=O)[C@H](C)Cl)CC[C@]4(C)[C@@H]3CC[C@@]21C. The van der Waals surface area contributed by atoms with E-state index in [1.165, 1.54) is 51.4 Å². The van der Waals surface area contributed by atoms with Crippen LogP contribution < -0.4 is 0 Å². The molecule has 0 aromatic rings. The Morgan fingerprint density at radius 1 is 1.06 bits per heavy atom. The summed E-state index contributed by atoms with van der Waals surface area (Å²) in [5.41, 5.74) is 2.43. The molecule has 0 N–H and O–H groups in total. The molecule has 4 aliphatic rings. The lowest BCUT2D eigenvalue weighted by molar-refractivity contribution is -0.150. The quantitative estimate of drug-likeness (QED) is 0.209. The lowest BCUT2D eigenvalue weighted by Gasteiger charge is -2.58. The third kappa shape index (κ3) is 4.81. The molecule has 33 heavy (non-hydrogen) atoms. The molecule has 188 valence electrons. The molecule has 0 radical (unpaired) electrons. The summed E-state index contributed by atoms with van der Waals surface area (Å²) in [4.78, 5) is 12.1. The highest BCUT2D eigenvalue weighted by Gasteiger charge is 2.59. The van der Waals surface area contributed by atoms with Crippen LogP contribution in [0.5, 0.6) is 0 Å². The number of rotatable bonds is 7. The molecule has 0 saturated heterocycles. The second-order valence-electron chi connectivity index (χ2n) is 13.2. The van der Waals surface area contributed by atoms with Gasteiger partial charge < -0.3 is 4.74 Å². The fourth-order valence-electron chi connectivity index (χ4n) is 9.01. The maximum atomic E-state index is 12.1. The Morgan fingerprint density at radius 2 is 1.82 bits per heavy atom. The number of halogens is 1. The average molecular weight is 477 g/mol. The first-order valence-corrected chi connectivity index (χ1v) is 14.5. The molecule has 0 unspecified atom stereocenters. The van der Waals surface area contributed by atoms with Gasteiger partial charge in [0.25, 0.3) is 0 Å². The van der Waals surface area contributed by atoms with Crippen molar-refractivity contribution < 1.29 is 9.53 Å². The highest BCUT2D eigenvalue weighted by molar-refractivity contribution is 6.29. The molecule has 2 nitrogen and oxygen atoms in total. The van der Waals surface area contributed by atoms with Gasteiger partial charge in [0.15, 0.2) is 0 Å². The van der Waals surface area contributed by atoms with E-state index < -0.39 is 5.38 Å². The van der Waals surface area contributed by atoms with Crippen LogP contribution in [-0.4, -0.2) is 17.5 Å². The zero-order chi connectivity index (χ0) is 24.0. The number of carbonyl (C=O) groups is 1. The first-order chi connectivity index (χ1) is 15.6. The van der Waals surface area contributed by atoms with E-state index in [9.17, 15) is 4.79 Å². The van der Waals surface area contributed by atoms with Gasteiger partial charge in [-0.1, -0.05) is 65.5 Å². The molecule has 3 saturated carbocycles. The highest BCUT2D eigenvalue weighted by Crippen LogP contribution is 2.67. The smallest absolute Gasteiger partial charge is 0.324 e. The standard InChI is InChI=1S/C30H49ClO2/c1-19(2)8-7-9-20(3)25-12-13-26-24-11-10-22-18-23(33-28(32)21(4)31)14-16-29(22,5)27(24)15-17-30(25,26)6/h10,19-21,23-27H,7-9,11-18H2,1-6H3/t20-,21-,23-,24+,25-,26+,27+,29-,30+/m0/s1. The summed E-state index contributed by atoms with van der Waals surface area (Å²) in [6.45, 7) is 14.2. The number of fused-ring (bicyclic) bond motifs is 5. The minimum Gasteiger partial charge on any atom is -0.461 e. The van der Waals surface area contributed by atoms with Crippen molar-refractivity contribution in [3.05, 3.63) is 11.6 Å². The molecule has 0 aliphatic heterocycles. The monoisotopic (exact) mass is 476 g/mol. The van der Waals surface area contributed by atoms with Crippen molar-refractivity contribution in [2.75, 3.05) is 0 Å². The normalized spacial score (nSPS) is 42.1. The molecule has 0 spiro atoms. The van der Waals surface area contributed by atoms with Crippen molar-refractivity contribution in [3.63, 3.8) is 0 Å². The van der Waals surface area contributed by atoms with Crippen LogP contribution in [0.15, 0.2) is 11.6 Å². The minimum absolute atomic E-state index is 0.0194. The van der Waals surface area contributed by atoms with E-state index in [0.29, 0.717) is 10.8 Å². The van der Waals surface area contributed by atoms with Crippen molar-refractivity contribution in [2.24, 2.45) is 46.3 Å². The molecule has 4 rings (SSSR count). The van der Waals surface area contributed by atoms with Crippen molar-refractivity contribution in [1.82, 2.24) is 0 Å². The Bertz CT molecular complexity index is 742. The van der Waals surface area contributed by atoms with Gasteiger partial charge in [-0.15, -0.1) is 11.6 Å². The van der Waals surface area contributed by atoms with E-state index in [-0.39, 0.29) is 12.1 Å². The molecule has 3 heteroatoms. The van der Waals surface area contributed by atoms with Crippen LogP contribution in [0.4, 0.5) is 0 Å². The Labute approximate surface area is 208 Å². The molecule has 0 heterocycles. The predicted octanol–water partition coefficient (Wildman–Crippen LogP) is 8.57. The van der Waals surface area contributed by atoms with Crippen LogP contribution in [0.25, 0.3) is 0 Å². The molecule has 0 amide bonds. The summed E-state index contributed by atoms with van der Waals surface area (Å²) < 4.78 is 5.74. The summed E-state index contributed by atoms with van der Waals surface area (Å²) >= 11 is 5.95. The van der Waals surface area contributed by atoms with Gasteiger partial charge in [0, 0.05) is 6.42 Å². The van der Waals surface area contributed by atoms with Gasteiger partial charge in [-0.25, -0.2) is 0 Å². The molecule has 0 bridgehead atoms. The van der Waals surface area contributed by atoms with E-state index in [4.69, 9.17) is 16.3 Å². The van der Waals surface area contributed by atoms with E-state index in [1.54, 1.807) is 12.5 Å². The van der Waals surface area contributed by atoms with Gasteiger partial charge in [-0.3, -0.25) is 4.79 Å². The van der Waals surface area contributed by atoms with E-state index >= 15 is 0 Å². The van der Waals surface area contributed by atoms with Crippen molar-refractivity contribution in [3.8, 4) is 0 Å². The van der Waals surface area contributed by atoms with Gasteiger partial charge in [-0.05, 0) is 98.2 Å². The van der Waals surface area contributed by atoms with Gasteiger partial charge in [-0.2, -0.15) is 0 Å². The Morgan fingerprint density at radius 3 is 2.52 bits per heavy atom. The van der Waals surface area contributed by atoms with E-state index in [0.717, 1.165) is 54.8 Å². The molecular formula is C30H49ClO2. The molecule has 9 atom stereocenters. The molecule has 0 aromatic carbocycles. The predicted molar refractivity (Wildman–Crippen MR) is 138 cm³/mol. The van der Waals surface area contributed by atoms with Gasteiger partial charge >= 0.3 is 5.97 Å². The zero-order valence-corrected chi connectivity index (χ0v) is 22.9. The third-order valence-corrected chi connectivity index (χ3v) is 11.0. The number of hydrogen-bond acceptors (Lipinski definition) is 2. The Hall–Kier alpha value is -0.500. The largest absolute Gasteiger partial charge is 0.461 e. The summed E-state index contributed by atoms with van der Waals surface area (Å²) in [6.07, 6.45) is 16.8. The van der Waals surface area contributed by atoms with Gasteiger partial charge in [0.05, 0.1) is 0 Å². The van der Waals surface area contributed by atoms with E-state index in [1.807, 2.05) is 0 Å². The third-order valence-electron chi connectivity index (χ3n) is 10.9. The van der Waals surface area contributed by atoms with Crippen LogP contribution >= 0.6 is 11.6 Å². The Balaban J connectivity index is 1.45. The van der Waals surface area contributed by atoms with Crippen molar-refractivity contribution >= 4 is 17.6 Å². The second kappa shape index (κ2) is 9.87. The lowest BCUT2D eigenvalue weighted by atomic mass is 9.47. The number of allylic oxidation sites excluding steroid dienone is 1. The van der Waals surface area contributed by atoms with Crippen molar-refractivity contribution in [1.29, 1.82) is 0 Å². The van der Waals surface area contributed by atoms with Crippen LogP contribution in [-0.2, 0) is 9.53 Å². The number of ether oxygens (including phenoxy) is 1. The van der Waals surface area contributed by atoms with Crippen LogP contribution in [0.3, 0.4) is 0 Å². The number of alkyl halides is 1. The molecular weight excluding hydrogens is 428 g/mol. The Kier molecular flexibility index (Phi) is 7.65. The summed E-state index contributed by atoms with van der Waals surface area (Å²) in [5, 5.41) is -0.554. The highest BCUT2D eigenvalue weighted by atomic mass is 35.5. The molecule has 3 fully saturated rings. The first-order valence-electron chi connectivity index (χ1n) is 14.1. The van der Waals surface area contributed by atoms with Gasteiger partial charge in [0.2, 0.25) is 0 Å². The summed E-state index contributed by atoms with van der Waals surface area (Å²) in [6, 6.07) is 0. The van der Waals surface area contributed by atoms with Crippen LogP contribution in [0, 0.1) is 46.3 Å². The van der Waals surface area contributed by atoms with E-state index in [2.05, 4.69) is 40.7 Å². The summed E-state index contributed by atoms with van der Waals surface area (Å²) in [7, 11) is 0. The average Bonchev–Trinajstić information content (AvgIpc) is 3.11. The maximum absolute atomic E-state index is 12.1. The molecule has 4 aliphatic carbocycles. The number of hydrogen-bond donors (Lipinski definition) is 0. The first kappa shape index (κ1) is 25.6. The number of esters is 1. The lowest BCUT2D eigenvalue weighted by Crippen LogP contribution is -2.51. The number of carbonyl (C=O) groups excluding carboxylic acids is 1. The fourth-order valence-corrected chi connectivity index (χ4v) is 9.06. The maximum Gasteiger partial charge on any atom is 0.324 e. The fraction of sp³-hybridized carbons (Fsp3) is 0.900. The van der Waals surface area contributed by atoms with Gasteiger partial charge in [0.1, 0.15) is 11.5 Å². The second-order valence-corrected chi connectivity index (χ2v) is 13.9. The minimum atomic E-state index is -0.554. The van der Waals surface area contributed by atoms with Crippen molar-refractivity contribution in [2.45, 2.75) is 124 Å². The zero-order valence-electron chi connectivity index (χ0n) is 22.2.